The summed E-state index contributed by atoms with van der Waals surface area (Å²) in [6.45, 7) is 8.40. The van der Waals surface area contributed by atoms with Crippen LogP contribution in [0.5, 0.6) is 5.75 Å². The number of nitrogens with one attached hydrogen (secondary N) is 2. The van der Waals surface area contributed by atoms with Crippen molar-refractivity contribution in [2.75, 3.05) is 26.7 Å². The summed E-state index contributed by atoms with van der Waals surface area (Å²) in [4.78, 5) is 6.53. The molecule has 0 saturated heterocycles. The average molecular weight is 488 g/mol. The fourth-order valence-corrected chi connectivity index (χ4v) is 1.97. The van der Waals surface area contributed by atoms with Gasteiger partial charge in [-0.2, -0.15) is 0 Å². The van der Waals surface area contributed by atoms with Gasteiger partial charge in [0.2, 0.25) is 0 Å². The Morgan fingerprint density at radius 1 is 1.23 bits per heavy atom. The van der Waals surface area contributed by atoms with E-state index in [0.29, 0.717) is 30.7 Å². The van der Waals surface area contributed by atoms with Gasteiger partial charge in [0.1, 0.15) is 5.75 Å². The van der Waals surface area contributed by atoms with E-state index in [0.717, 1.165) is 6.54 Å². The molecule has 0 bridgehead atoms. The third-order valence-corrected chi connectivity index (χ3v) is 3.59. The molecule has 0 aliphatic carbocycles. The highest BCUT2D eigenvalue weighted by Gasteiger charge is 2.31. The molecule has 1 aromatic carbocycles. The van der Waals surface area contributed by atoms with Crippen LogP contribution in [0.15, 0.2) is 29.3 Å². The summed E-state index contributed by atoms with van der Waals surface area (Å²) in [6, 6.07) is 6.45. The zero-order chi connectivity index (χ0) is 18.9. The molecule has 0 saturated carbocycles. The Morgan fingerprint density at radius 3 is 2.46 bits per heavy atom. The molecular formula is C17H28F3IN4O. The molecule has 5 nitrogen and oxygen atoms in total. The van der Waals surface area contributed by atoms with E-state index in [2.05, 4.69) is 39.1 Å². The van der Waals surface area contributed by atoms with Crippen molar-refractivity contribution >= 4 is 29.9 Å². The maximum Gasteiger partial charge on any atom is 0.573 e. The van der Waals surface area contributed by atoms with Crippen LogP contribution in [0, 0.1) is 0 Å². The van der Waals surface area contributed by atoms with E-state index in [1.807, 2.05) is 14.0 Å². The van der Waals surface area contributed by atoms with Crippen LogP contribution in [-0.4, -0.2) is 49.9 Å². The van der Waals surface area contributed by atoms with E-state index in [1.54, 1.807) is 12.1 Å². The number of aliphatic imine (C=N–C) groups is 1. The zero-order valence-electron chi connectivity index (χ0n) is 15.6. The maximum atomic E-state index is 12.5. The van der Waals surface area contributed by atoms with Gasteiger partial charge in [-0.05, 0) is 33.9 Å². The number of likely N-dealkylation sites (N-methyl/N-ethyl adjacent to an activating group) is 1. The Bertz CT molecular complexity index is 553. The molecule has 0 fully saturated rings. The molecule has 2 N–H and O–H groups in total. The van der Waals surface area contributed by atoms with Gasteiger partial charge in [0.15, 0.2) is 5.96 Å². The summed E-state index contributed by atoms with van der Waals surface area (Å²) >= 11 is 0. The van der Waals surface area contributed by atoms with Gasteiger partial charge in [0, 0.05) is 31.2 Å². The van der Waals surface area contributed by atoms with Gasteiger partial charge in [0.05, 0.1) is 6.54 Å². The summed E-state index contributed by atoms with van der Waals surface area (Å²) in [5.74, 6) is 0.329. The number of hydrogen-bond donors (Lipinski definition) is 2. The highest BCUT2D eigenvalue weighted by molar-refractivity contribution is 14.0. The zero-order valence-corrected chi connectivity index (χ0v) is 17.9. The third kappa shape index (κ3) is 10.0. The van der Waals surface area contributed by atoms with Crippen LogP contribution in [-0.2, 0) is 6.54 Å². The minimum absolute atomic E-state index is 0. The number of ether oxygens (including phenoxy) is 1. The van der Waals surface area contributed by atoms with Gasteiger partial charge in [0.25, 0.3) is 0 Å². The van der Waals surface area contributed by atoms with Crippen molar-refractivity contribution in [3.05, 3.63) is 29.8 Å². The van der Waals surface area contributed by atoms with Crippen LogP contribution in [0.25, 0.3) is 0 Å². The SMILES string of the molecule is CCNC(=NCc1ccccc1OC(F)(F)F)NCCN(C)C(C)C.I. The topological polar surface area (TPSA) is 48.9 Å². The number of benzene rings is 1. The van der Waals surface area contributed by atoms with Crippen molar-refractivity contribution in [3.8, 4) is 5.75 Å². The molecule has 0 aromatic heterocycles. The number of hydrogen-bond acceptors (Lipinski definition) is 3. The summed E-state index contributed by atoms with van der Waals surface area (Å²) in [7, 11) is 2.03. The molecule has 0 atom stereocenters. The monoisotopic (exact) mass is 488 g/mol. The predicted octanol–water partition coefficient (Wildman–Crippen LogP) is 3.60. The van der Waals surface area contributed by atoms with Crippen molar-refractivity contribution in [3.63, 3.8) is 0 Å². The summed E-state index contributed by atoms with van der Waals surface area (Å²) < 4.78 is 41.4. The fourth-order valence-electron chi connectivity index (χ4n) is 1.97. The van der Waals surface area contributed by atoms with E-state index in [1.165, 1.54) is 12.1 Å². The molecule has 9 heteroatoms. The van der Waals surface area contributed by atoms with Crippen LogP contribution in [0.3, 0.4) is 0 Å². The normalized spacial score (nSPS) is 12.1. The minimum atomic E-state index is -4.72. The lowest BCUT2D eigenvalue weighted by atomic mass is 10.2. The highest BCUT2D eigenvalue weighted by atomic mass is 127. The summed E-state index contributed by atoms with van der Waals surface area (Å²) in [5, 5.41) is 6.26. The van der Waals surface area contributed by atoms with Gasteiger partial charge in [-0.1, -0.05) is 18.2 Å². The molecule has 0 heterocycles. The van der Waals surface area contributed by atoms with Crippen LogP contribution in [0.4, 0.5) is 13.2 Å². The first-order valence-corrected chi connectivity index (χ1v) is 8.29. The first-order chi connectivity index (χ1) is 11.7. The fraction of sp³-hybridized carbons (Fsp3) is 0.588. The maximum absolute atomic E-state index is 12.5. The number of nitrogens with zero attached hydrogens (tertiary/aromatic N) is 2. The van der Waals surface area contributed by atoms with Gasteiger partial charge in [-0.25, -0.2) is 4.99 Å². The molecule has 0 spiro atoms. The molecule has 0 radical (unpaired) electrons. The van der Waals surface area contributed by atoms with Crippen LogP contribution in [0.2, 0.25) is 0 Å². The van der Waals surface area contributed by atoms with Crippen molar-refractivity contribution in [2.24, 2.45) is 4.99 Å². The Hall–Kier alpha value is -1.23. The quantitative estimate of drug-likeness (QED) is 0.334. The van der Waals surface area contributed by atoms with E-state index in [4.69, 9.17) is 0 Å². The first-order valence-electron chi connectivity index (χ1n) is 8.29. The predicted molar refractivity (Wildman–Crippen MR) is 109 cm³/mol. The van der Waals surface area contributed by atoms with Gasteiger partial charge in [-0.15, -0.1) is 37.1 Å². The van der Waals surface area contributed by atoms with E-state index < -0.39 is 6.36 Å². The first kappa shape index (κ1) is 24.8. The average Bonchev–Trinajstić information content (AvgIpc) is 2.52. The number of halogens is 4. The lowest BCUT2D eigenvalue weighted by Gasteiger charge is -2.21. The lowest BCUT2D eigenvalue weighted by Crippen LogP contribution is -2.42. The van der Waals surface area contributed by atoms with E-state index in [9.17, 15) is 13.2 Å². The van der Waals surface area contributed by atoms with Crippen LogP contribution in [0.1, 0.15) is 26.3 Å². The second-order valence-corrected chi connectivity index (χ2v) is 5.85. The van der Waals surface area contributed by atoms with Gasteiger partial charge < -0.3 is 20.3 Å². The largest absolute Gasteiger partial charge is 0.573 e. The van der Waals surface area contributed by atoms with Crippen molar-refractivity contribution in [2.45, 2.75) is 39.7 Å². The summed E-state index contributed by atoms with van der Waals surface area (Å²) in [5.41, 5.74) is 0.372. The smallest absolute Gasteiger partial charge is 0.405 e. The lowest BCUT2D eigenvalue weighted by molar-refractivity contribution is -0.274. The molecule has 1 rings (SSSR count). The van der Waals surface area contributed by atoms with Crippen molar-refractivity contribution in [1.82, 2.24) is 15.5 Å². The molecule has 0 amide bonds. The molecule has 0 aliphatic heterocycles. The number of para-hydroxylation sites is 1. The molecule has 0 aliphatic rings. The Balaban J connectivity index is 0.00000625. The third-order valence-electron chi connectivity index (χ3n) is 3.59. The Morgan fingerprint density at radius 2 is 1.88 bits per heavy atom. The standard InChI is InChI=1S/C17H27F3N4O.HI/c1-5-21-16(22-10-11-24(4)13(2)3)23-12-14-8-6-7-9-15(14)25-17(18,19)20;/h6-9,13H,5,10-12H2,1-4H3,(H2,21,22,23);1H. The number of guanidine groups is 1. The summed E-state index contributed by atoms with van der Waals surface area (Å²) in [6.07, 6.45) is -4.72. The number of alkyl halides is 3. The molecule has 150 valence electrons. The van der Waals surface area contributed by atoms with Crippen molar-refractivity contribution < 1.29 is 17.9 Å². The van der Waals surface area contributed by atoms with Crippen molar-refractivity contribution in [1.29, 1.82) is 0 Å². The Labute approximate surface area is 170 Å². The molecule has 1 aromatic rings. The van der Waals surface area contributed by atoms with Gasteiger partial charge in [-0.3, -0.25) is 0 Å². The number of rotatable bonds is 8. The van der Waals surface area contributed by atoms with E-state index >= 15 is 0 Å². The Kier molecular flexibility index (Phi) is 11.6. The second kappa shape index (κ2) is 12.2. The second-order valence-electron chi connectivity index (χ2n) is 5.85. The minimum Gasteiger partial charge on any atom is -0.405 e. The molecular weight excluding hydrogens is 460 g/mol. The van der Waals surface area contributed by atoms with Gasteiger partial charge >= 0.3 is 6.36 Å². The van der Waals surface area contributed by atoms with Crippen LogP contribution < -0.4 is 15.4 Å². The molecule has 26 heavy (non-hydrogen) atoms. The van der Waals surface area contributed by atoms with E-state index in [-0.39, 0.29) is 36.3 Å². The highest BCUT2D eigenvalue weighted by Crippen LogP contribution is 2.26. The van der Waals surface area contributed by atoms with Crippen LogP contribution >= 0.6 is 24.0 Å². The molecule has 0 unspecified atom stereocenters.